The lowest BCUT2D eigenvalue weighted by Crippen LogP contribution is -2.48. The first-order valence-corrected chi connectivity index (χ1v) is 8.00. The molecule has 1 unspecified atom stereocenters. The molecule has 5 heteroatoms. The Bertz CT molecular complexity index is 483. The molecule has 1 aliphatic rings. The summed E-state index contributed by atoms with van der Waals surface area (Å²) in [6, 6.07) is 0.00909. The minimum Gasteiger partial charge on any atom is -0.349 e. The molecule has 1 fully saturated rings. The monoisotopic (exact) mass is 292 g/mol. The van der Waals surface area contributed by atoms with E-state index >= 15 is 0 Å². The van der Waals surface area contributed by atoms with Crippen LogP contribution in [-0.2, 0) is 11.8 Å². The zero-order valence-corrected chi connectivity index (χ0v) is 13.7. The molecule has 1 amide bonds. The van der Waals surface area contributed by atoms with Gasteiger partial charge in [0.1, 0.15) is 0 Å². The Morgan fingerprint density at radius 2 is 2.19 bits per heavy atom. The molecule has 1 saturated heterocycles. The van der Waals surface area contributed by atoms with E-state index in [9.17, 15) is 4.79 Å². The molecular weight excluding hydrogens is 264 g/mol. The van der Waals surface area contributed by atoms with E-state index in [1.807, 2.05) is 31.8 Å². The lowest BCUT2D eigenvalue weighted by Gasteiger charge is -2.37. The number of aryl methyl sites for hydroxylation is 1. The molecule has 0 saturated carbocycles. The molecule has 0 aromatic carbocycles. The van der Waals surface area contributed by atoms with Crippen LogP contribution in [0.3, 0.4) is 0 Å². The maximum absolute atomic E-state index is 12.8. The highest BCUT2D eigenvalue weighted by atomic mass is 16.2. The van der Waals surface area contributed by atoms with Crippen LogP contribution >= 0.6 is 0 Å². The summed E-state index contributed by atoms with van der Waals surface area (Å²) in [7, 11) is 1.93. The highest BCUT2D eigenvalue weighted by Gasteiger charge is 2.39. The maximum atomic E-state index is 12.8. The molecule has 1 atom stereocenters. The first-order valence-electron chi connectivity index (χ1n) is 8.00. The van der Waals surface area contributed by atoms with E-state index < -0.39 is 0 Å². The number of hydrogen-bond donors (Lipinski definition) is 2. The number of carbonyl (C=O) groups is 1. The largest absolute Gasteiger partial charge is 0.349 e. The minimum atomic E-state index is -0.190. The number of carbonyl (C=O) groups excluding carboxylic acids is 1. The van der Waals surface area contributed by atoms with Gasteiger partial charge >= 0.3 is 0 Å². The summed E-state index contributed by atoms with van der Waals surface area (Å²) in [5.74, 6) is 0.210. The second kappa shape index (κ2) is 6.60. The minimum absolute atomic E-state index is 0.00909. The van der Waals surface area contributed by atoms with Gasteiger partial charge in [0.15, 0.2) is 0 Å². The predicted octanol–water partition coefficient (Wildman–Crippen LogP) is 2.08. The molecule has 1 aromatic heterocycles. The Morgan fingerprint density at radius 3 is 2.71 bits per heavy atom. The average Bonchev–Trinajstić information content (AvgIpc) is 2.80. The number of hydrogen-bond acceptors (Lipinski definition) is 3. The van der Waals surface area contributed by atoms with Crippen LogP contribution in [0.4, 0.5) is 0 Å². The van der Waals surface area contributed by atoms with E-state index in [-0.39, 0.29) is 17.4 Å². The van der Waals surface area contributed by atoms with Crippen LogP contribution in [0.1, 0.15) is 56.8 Å². The molecule has 0 aliphatic carbocycles. The van der Waals surface area contributed by atoms with E-state index in [2.05, 4.69) is 22.7 Å². The van der Waals surface area contributed by atoms with Crippen LogP contribution in [0.15, 0.2) is 6.20 Å². The molecule has 1 aromatic rings. The van der Waals surface area contributed by atoms with Crippen LogP contribution in [0.5, 0.6) is 0 Å². The van der Waals surface area contributed by atoms with Crippen molar-refractivity contribution in [1.82, 2.24) is 20.4 Å². The van der Waals surface area contributed by atoms with Crippen molar-refractivity contribution >= 4 is 5.91 Å². The highest BCUT2D eigenvalue weighted by molar-refractivity contribution is 5.83. The molecule has 21 heavy (non-hydrogen) atoms. The van der Waals surface area contributed by atoms with E-state index in [0.717, 1.165) is 50.0 Å². The standard InChI is InChI=1S/C16H28N4O/c1-5-6-16(7-9-17-10-8-16)15(21)19-12(2)14-11-18-20(4)13(14)3/h11-12,17H,5-10H2,1-4H3,(H,19,21). The summed E-state index contributed by atoms with van der Waals surface area (Å²) in [5, 5.41) is 10.8. The molecule has 0 bridgehead atoms. The fourth-order valence-corrected chi connectivity index (χ4v) is 3.34. The van der Waals surface area contributed by atoms with Crippen molar-refractivity contribution in [3.63, 3.8) is 0 Å². The summed E-state index contributed by atoms with van der Waals surface area (Å²) in [5.41, 5.74) is 2.02. The second-order valence-electron chi connectivity index (χ2n) is 6.28. The third-order valence-corrected chi connectivity index (χ3v) is 4.86. The lowest BCUT2D eigenvalue weighted by atomic mass is 9.74. The molecule has 5 nitrogen and oxygen atoms in total. The molecule has 2 rings (SSSR count). The van der Waals surface area contributed by atoms with Gasteiger partial charge < -0.3 is 10.6 Å². The van der Waals surface area contributed by atoms with Gasteiger partial charge in [0.25, 0.3) is 0 Å². The number of aromatic nitrogens is 2. The van der Waals surface area contributed by atoms with Crippen molar-refractivity contribution in [2.45, 2.75) is 52.5 Å². The summed E-state index contributed by atoms with van der Waals surface area (Å²) < 4.78 is 1.85. The molecule has 1 aliphatic heterocycles. The topological polar surface area (TPSA) is 59.0 Å². The quantitative estimate of drug-likeness (QED) is 0.873. The van der Waals surface area contributed by atoms with Gasteiger partial charge in [-0.05, 0) is 46.2 Å². The number of piperidine rings is 1. The molecular formula is C16H28N4O. The normalized spacial score (nSPS) is 19.2. The molecule has 118 valence electrons. The lowest BCUT2D eigenvalue weighted by molar-refractivity contribution is -0.133. The Kier molecular flexibility index (Phi) is 5.04. The van der Waals surface area contributed by atoms with Crippen LogP contribution in [0.2, 0.25) is 0 Å². The van der Waals surface area contributed by atoms with Crippen molar-refractivity contribution in [3.8, 4) is 0 Å². The third-order valence-electron chi connectivity index (χ3n) is 4.86. The number of nitrogens with zero attached hydrogens (tertiary/aromatic N) is 2. The zero-order valence-electron chi connectivity index (χ0n) is 13.7. The van der Waals surface area contributed by atoms with Crippen LogP contribution < -0.4 is 10.6 Å². The van der Waals surface area contributed by atoms with Gasteiger partial charge in [-0.15, -0.1) is 0 Å². The van der Waals surface area contributed by atoms with E-state index in [1.165, 1.54) is 0 Å². The predicted molar refractivity (Wildman–Crippen MR) is 83.9 cm³/mol. The Balaban J connectivity index is 2.09. The van der Waals surface area contributed by atoms with Gasteiger partial charge in [-0.3, -0.25) is 9.48 Å². The van der Waals surface area contributed by atoms with Crippen LogP contribution in [0.25, 0.3) is 0 Å². The van der Waals surface area contributed by atoms with Crippen LogP contribution in [0, 0.1) is 12.3 Å². The summed E-state index contributed by atoms with van der Waals surface area (Å²) in [6.45, 7) is 8.12. The van der Waals surface area contributed by atoms with Gasteiger partial charge in [0, 0.05) is 18.3 Å². The molecule has 0 spiro atoms. The highest BCUT2D eigenvalue weighted by Crippen LogP contribution is 2.35. The SMILES string of the molecule is CCCC1(C(=O)NC(C)c2cnn(C)c2C)CCNCC1. The van der Waals surface area contributed by atoms with Gasteiger partial charge in [-0.2, -0.15) is 5.10 Å². The Morgan fingerprint density at radius 1 is 1.52 bits per heavy atom. The number of nitrogens with one attached hydrogen (secondary N) is 2. The summed E-state index contributed by atoms with van der Waals surface area (Å²) in [4.78, 5) is 12.8. The van der Waals surface area contributed by atoms with Crippen molar-refractivity contribution < 1.29 is 4.79 Å². The second-order valence-corrected chi connectivity index (χ2v) is 6.28. The van der Waals surface area contributed by atoms with Gasteiger partial charge in [0.05, 0.1) is 17.7 Å². The average molecular weight is 292 g/mol. The Labute approximate surface area is 127 Å². The van der Waals surface area contributed by atoms with Crippen LogP contribution in [-0.4, -0.2) is 28.8 Å². The fourth-order valence-electron chi connectivity index (χ4n) is 3.34. The van der Waals surface area contributed by atoms with Crippen molar-refractivity contribution in [3.05, 3.63) is 17.5 Å². The summed E-state index contributed by atoms with van der Waals surface area (Å²) >= 11 is 0. The number of amides is 1. The molecule has 2 heterocycles. The molecule has 2 N–H and O–H groups in total. The third kappa shape index (κ3) is 3.28. The summed E-state index contributed by atoms with van der Waals surface area (Å²) in [6.07, 6.45) is 5.75. The van der Waals surface area contributed by atoms with Crippen molar-refractivity contribution in [1.29, 1.82) is 0 Å². The first-order chi connectivity index (χ1) is 10.00. The van der Waals surface area contributed by atoms with E-state index in [1.54, 1.807) is 0 Å². The van der Waals surface area contributed by atoms with Gasteiger partial charge in [-0.1, -0.05) is 13.3 Å². The number of rotatable bonds is 5. The fraction of sp³-hybridized carbons (Fsp3) is 0.750. The van der Waals surface area contributed by atoms with E-state index in [4.69, 9.17) is 0 Å². The van der Waals surface area contributed by atoms with Gasteiger partial charge in [-0.25, -0.2) is 0 Å². The Hall–Kier alpha value is -1.36. The smallest absolute Gasteiger partial charge is 0.226 e. The van der Waals surface area contributed by atoms with Crippen molar-refractivity contribution in [2.24, 2.45) is 12.5 Å². The van der Waals surface area contributed by atoms with E-state index in [0.29, 0.717) is 0 Å². The van der Waals surface area contributed by atoms with Crippen molar-refractivity contribution in [2.75, 3.05) is 13.1 Å². The first kappa shape index (κ1) is 16.0. The molecule has 0 radical (unpaired) electrons. The zero-order chi connectivity index (χ0) is 15.5. The van der Waals surface area contributed by atoms with Gasteiger partial charge in [0.2, 0.25) is 5.91 Å². The maximum Gasteiger partial charge on any atom is 0.226 e.